The number of imidazole rings is 1. The molecule has 1 amide bonds. The summed E-state index contributed by atoms with van der Waals surface area (Å²) in [6.07, 6.45) is 1.66. The van der Waals surface area contributed by atoms with E-state index in [1.807, 2.05) is 6.07 Å². The lowest BCUT2D eigenvalue weighted by Crippen LogP contribution is -2.14. The lowest BCUT2D eigenvalue weighted by molar-refractivity contribution is -0.113. The largest absolute Gasteiger partial charge is 0.331 e. The third kappa shape index (κ3) is 3.63. The van der Waals surface area contributed by atoms with Crippen molar-refractivity contribution in [2.45, 2.75) is 5.16 Å². The number of hydrogen-bond acceptors (Lipinski definition) is 4. The lowest BCUT2D eigenvalue weighted by Gasteiger charge is -2.03. The van der Waals surface area contributed by atoms with Gasteiger partial charge < -0.3 is 10.3 Å². The smallest absolute Gasteiger partial charge is 0.234 e. The number of halogens is 2. The minimum absolute atomic E-state index is 0.164. The molecule has 3 rings (SSSR count). The molecular weight excluding hydrogens is 371 g/mol. The highest BCUT2D eigenvalue weighted by Gasteiger charge is 2.08. The maximum absolute atomic E-state index is 13.0. The number of amides is 1. The summed E-state index contributed by atoms with van der Waals surface area (Å²) < 4.78 is 13.9. The third-order valence-electron chi connectivity index (χ3n) is 2.73. The van der Waals surface area contributed by atoms with Gasteiger partial charge in [-0.25, -0.2) is 14.4 Å². The number of nitrogens with one attached hydrogen (secondary N) is 2. The van der Waals surface area contributed by atoms with Gasteiger partial charge in [0.15, 0.2) is 10.8 Å². The molecule has 0 radical (unpaired) electrons. The number of aromatic nitrogens is 3. The van der Waals surface area contributed by atoms with Crippen molar-refractivity contribution in [1.82, 2.24) is 15.0 Å². The molecular formula is C14H10BrFN4OS. The van der Waals surface area contributed by atoms with E-state index in [1.165, 1.54) is 23.9 Å². The summed E-state index contributed by atoms with van der Waals surface area (Å²) in [5.74, 6) is -0.457. The average Bonchev–Trinajstić information content (AvgIpc) is 2.87. The first-order valence-corrected chi connectivity index (χ1v) is 8.07. The van der Waals surface area contributed by atoms with E-state index in [-0.39, 0.29) is 17.5 Å². The van der Waals surface area contributed by atoms with Gasteiger partial charge in [0.05, 0.1) is 11.3 Å². The van der Waals surface area contributed by atoms with Crippen LogP contribution in [0, 0.1) is 5.82 Å². The molecule has 1 aromatic carbocycles. The zero-order valence-corrected chi connectivity index (χ0v) is 13.5. The molecule has 0 atom stereocenters. The Kier molecular flexibility index (Phi) is 4.39. The monoisotopic (exact) mass is 380 g/mol. The number of carbonyl (C=O) groups excluding carboxylic acids is 1. The van der Waals surface area contributed by atoms with Crippen LogP contribution >= 0.6 is 27.7 Å². The highest BCUT2D eigenvalue weighted by molar-refractivity contribution is 9.10. The van der Waals surface area contributed by atoms with Gasteiger partial charge in [0.2, 0.25) is 5.91 Å². The molecule has 0 aliphatic carbocycles. The predicted octanol–water partition coefficient (Wildman–Crippen LogP) is 3.59. The molecule has 5 nitrogen and oxygen atoms in total. The van der Waals surface area contributed by atoms with Gasteiger partial charge in [-0.1, -0.05) is 17.8 Å². The fourth-order valence-corrected chi connectivity index (χ4v) is 2.82. The maximum Gasteiger partial charge on any atom is 0.234 e. The van der Waals surface area contributed by atoms with Gasteiger partial charge in [0, 0.05) is 16.4 Å². The van der Waals surface area contributed by atoms with E-state index in [0.29, 0.717) is 16.5 Å². The highest BCUT2D eigenvalue weighted by Crippen LogP contribution is 2.21. The van der Waals surface area contributed by atoms with Crippen LogP contribution < -0.4 is 5.32 Å². The van der Waals surface area contributed by atoms with Crippen molar-refractivity contribution in [3.8, 4) is 0 Å². The molecule has 2 N–H and O–H groups in total. The Morgan fingerprint density at radius 3 is 3.09 bits per heavy atom. The molecule has 2 aromatic heterocycles. The Hall–Kier alpha value is -1.93. The van der Waals surface area contributed by atoms with E-state index in [0.717, 1.165) is 9.99 Å². The van der Waals surface area contributed by atoms with Gasteiger partial charge in [-0.15, -0.1) is 0 Å². The second-order valence-electron chi connectivity index (χ2n) is 4.41. The Labute approximate surface area is 137 Å². The second kappa shape index (κ2) is 6.45. The van der Waals surface area contributed by atoms with Crippen molar-refractivity contribution in [1.29, 1.82) is 0 Å². The molecule has 0 aliphatic rings. The minimum atomic E-state index is -0.389. The van der Waals surface area contributed by atoms with Gasteiger partial charge in [-0.05, 0) is 40.2 Å². The first-order valence-electron chi connectivity index (χ1n) is 6.29. The number of thioether (sulfide) groups is 1. The van der Waals surface area contributed by atoms with Gasteiger partial charge in [-0.2, -0.15) is 0 Å². The minimum Gasteiger partial charge on any atom is -0.331 e. The SMILES string of the molecule is O=C(CSc1nc2ncc(Br)cc2[nH]1)Nc1cccc(F)c1. The van der Waals surface area contributed by atoms with Crippen molar-refractivity contribution in [3.63, 3.8) is 0 Å². The fraction of sp³-hybridized carbons (Fsp3) is 0.0714. The number of anilines is 1. The predicted molar refractivity (Wildman–Crippen MR) is 87.3 cm³/mol. The number of carbonyl (C=O) groups is 1. The van der Waals surface area contributed by atoms with Crippen LogP contribution in [0.5, 0.6) is 0 Å². The normalized spacial score (nSPS) is 10.8. The summed E-state index contributed by atoms with van der Waals surface area (Å²) >= 11 is 4.59. The Morgan fingerprint density at radius 1 is 1.41 bits per heavy atom. The first-order chi connectivity index (χ1) is 10.6. The molecule has 22 heavy (non-hydrogen) atoms. The van der Waals surface area contributed by atoms with Crippen LogP contribution in [0.4, 0.5) is 10.1 Å². The molecule has 8 heteroatoms. The number of H-pyrrole nitrogens is 1. The van der Waals surface area contributed by atoms with Crippen LogP contribution in [0.2, 0.25) is 0 Å². The zero-order chi connectivity index (χ0) is 15.5. The fourth-order valence-electron chi connectivity index (χ4n) is 1.82. The Morgan fingerprint density at radius 2 is 2.27 bits per heavy atom. The summed E-state index contributed by atoms with van der Waals surface area (Å²) in [6.45, 7) is 0. The quantitative estimate of drug-likeness (QED) is 0.678. The number of benzene rings is 1. The number of fused-ring (bicyclic) bond motifs is 1. The molecule has 0 aliphatic heterocycles. The van der Waals surface area contributed by atoms with Gasteiger partial charge in [0.25, 0.3) is 0 Å². The van der Waals surface area contributed by atoms with Crippen molar-refractivity contribution in [2.75, 3.05) is 11.1 Å². The molecule has 2 heterocycles. The molecule has 0 spiro atoms. The zero-order valence-electron chi connectivity index (χ0n) is 11.1. The molecule has 112 valence electrons. The molecule has 0 saturated heterocycles. The van der Waals surface area contributed by atoms with E-state index in [4.69, 9.17) is 0 Å². The van der Waals surface area contributed by atoms with Crippen LogP contribution in [0.25, 0.3) is 11.2 Å². The number of hydrogen-bond donors (Lipinski definition) is 2. The van der Waals surface area contributed by atoms with E-state index in [2.05, 4.69) is 36.2 Å². The van der Waals surface area contributed by atoms with E-state index < -0.39 is 0 Å². The molecule has 0 bridgehead atoms. The van der Waals surface area contributed by atoms with Crippen molar-refractivity contribution in [2.24, 2.45) is 0 Å². The average molecular weight is 381 g/mol. The van der Waals surface area contributed by atoms with E-state index in [1.54, 1.807) is 18.3 Å². The summed E-state index contributed by atoms with van der Waals surface area (Å²) in [6, 6.07) is 7.64. The lowest BCUT2D eigenvalue weighted by atomic mass is 10.3. The summed E-state index contributed by atoms with van der Waals surface area (Å²) in [5.41, 5.74) is 1.82. The number of rotatable bonds is 4. The Bertz CT molecular complexity index is 839. The molecule has 0 saturated carbocycles. The Balaban J connectivity index is 1.62. The van der Waals surface area contributed by atoms with E-state index >= 15 is 0 Å². The maximum atomic E-state index is 13.0. The summed E-state index contributed by atoms with van der Waals surface area (Å²) in [4.78, 5) is 23.4. The van der Waals surface area contributed by atoms with Crippen molar-refractivity contribution >= 4 is 50.5 Å². The molecule has 0 unspecified atom stereocenters. The molecule has 0 fully saturated rings. The third-order valence-corrected chi connectivity index (χ3v) is 4.04. The van der Waals surface area contributed by atoms with Crippen molar-refractivity contribution in [3.05, 3.63) is 46.8 Å². The van der Waals surface area contributed by atoms with Crippen LogP contribution in [0.15, 0.2) is 46.2 Å². The van der Waals surface area contributed by atoms with Crippen LogP contribution in [-0.2, 0) is 4.79 Å². The van der Waals surface area contributed by atoms with Gasteiger partial charge >= 0.3 is 0 Å². The number of nitrogens with zero attached hydrogens (tertiary/aromatic N) is 2. The van der Waals surface area contributed by atoms with E-state index in [9.17, 15) is 9.18 Å². The summed E-state index contributed by atoms with van der Waals surface area (Å²) in [5, 5.41) is 3.24. The van der Waals surface area contributed by atoms with Crippen LogP contribution in [0.1, 0.15) is 0 Å². The number of aromatic amines is 1. The van der Waals surface area contributed by atoms with Crippen molar-refractivity contribution < 1.29 is 9.18 Å². The topological polar surface area (TPSA) is 70.7 Å². The standard InChI is InChI=1S/C14H10BrFN4OS/c15-8-4-11-13(17-6-8)20-14(19-11)22-7-12(21)18-10-3-1-2-9(16)5-10/h1-6H,7H2,(H,18,21)(H,17,19,20). The first kappa shape index (κ1) is 15.0. The van der Waals surface area contributed by atoms with Gasteiger partial charge in [-0.3, -0.25) is 4.79 Å². The highest BCUT2D eigenvalue weighted by atomic mass is 79.9. The van der Waals surface area contributed by atoms with Crippen LogP contribution in [-0.4, -0.2) is 26.6 Å². The second-order valence-corrected chi connectivity index (χ2v) is 6.29. The summed E-state index contributed by atoms with van der Waals surface area (Å²) in [7, 11) is 0. The molecule has 3 aromatic rings. The number of pyridine rings is 1. The van der Waals surface area contributed by atoms with Crippen LogP contribution in [0.3, 0.4) is 0 Å². The van der Waals surface area contributed by atoms with Gasteiger partial charge in [0.1, 0.15) is 5.82 Å².